The average molecular weight is 180 g/mol. The number of hydrogen-bond acceptors (Lipinski definition) is 2. The first-order valence-electron chi connectivity index (χ1n) is 4.54. The van der Waals surface area contributed by atoms with Crippen LogP contribution in [-0.2, 0) is 6.42 Å². The van der Waals surface area contributed by atoms with Crippen LogP contribution >= 0.6 is 0 Å². The number of benzene rings is 1. The average Bonchev–Trinajstić information content (AvgIpc) is 2.08. The topological polar surface area (TPSA) is 29.5 Å². The summed E-state index contributed by atoms with van der Waals surface area (Å²) in [5.41, 5.74) is 2.48. The van der Waals surface area contributed by atoms with Gasteiger partial charge < -0.3 is 4.89 Å². The predicted octanol–water partition coefficient (Wildman–Crippen LogP) is 3.05. The van der Waals surface area contributed by atoms with Crippen LogP contribution < -0.4 is 4.89 Å². The lowest BCUT2D eigenvalue weighted by atomic mass is 9.99. The van der Waals surface area contributed by atoms with Crippen molar-refractivity contribution < 1.29 is 10.1 Å². The third kappa shape index (κ3) is 2.74. The second-order valence-corrected chi connectivity index (χ2v) is 3.78. The van der Waals surface area contributed by atoms with Gasteiger partial charge in [0.15, 0.2) is 5.75 Å². The standard InChI is InChI=1S/C11H16O2/c1-8(2)6-10-4-5-11(13-12)7-9(10)3/h4-5,7-8,12H,6H2,1-3H3. The van der Waals surface area contributed by atoms with Gasteiger partial charge in [-0.05, 0) is 42.5 Å². The molecule has 0 saturated heterocycles. The molecule has 0 aromatic heterocycles. The fourth-order valence-corrected chi connectivity index (χ4v) is 1.39. The molecule has 2 heteroatoms. The minimum absolute atomic E-state index is 0.505. The third-order valence-corrected chi connectivity index (χ3v) is 2.05. The zero-order valence-electron chi connectivity index (χ0n) is 8.37. The minimum Gasteiger partial charge on any atom is -0.340 e. The van der Waals surface area contributed by atoms with Crippen LogP contribution in [0.25, 0.3) is 0 Å². The van der Waals surface area contributed by atoms with Gasteiger partial charge in [0.05, 0.1) is 0 Å². The van der Waals surface area contributed by atoms with Gasteiger partial charge in [-0.2, -0.15) is 0 Å². The molecule has 0 atom stereocenters. The van der Waals surface area contributed by atoms with Crippen molar-refractivity contribution in [2.45, 2.75) is 27.2 Å². The van der Waals surface area contributed by atoms with Gasteiger partial charge in [0, 0.05) is 0 Å². The molecule has 0 heterocycles. The monoisotopic (exact) mass is 180 g/mol. The van der Waals surface area contributed by atoms with Gasteiger partial charge in [-0.15, -0.1) is 0 Å². The summed E-state index contributed by atoms with van der Waals surface area (Å²) in [6.45, 7) is 6.41. The van der Waals surface area contributed by atoms with E-state index in [0.29, 0.717) is 11.7 Å². The Morgan fingerprint density at radius 2 is 2.08 bits per heavy atom. The molecular formula is C11H16O2. The quantitative estimate of drug-likeness (QED) is 0.572. The van der Waals surface area contributed by atoms with Gasteiger partial charge >= 0.3 is 0 Å². The molecule has 0 aliphatic rings. The van der Waals surface area contributed by atoms with E-state index < -0.39 is 0 Å². The van der Waals surface area contributed by atoms with Crippen molar-refractivity contribution >= 4 is 0 Å². The highest BCUT2D eigenvalue weighted by molar-refractivity contribution is 5.34. The zero-order valence-corrected chi connectivity index (χ0v) is 8.37. The van der Waals surface area contributed by atoms with Crippen molar-refractivity contribution in [3.05, 3.63) is 29.3 Å². The first kappa shape index (κ1) is 10.1. The highest BCUT2D eigenvalue weighted by Gasteiger charge is 2.02. The van der Waals surface area contributed by atoms with Crippen LogP contribution in [0.3, 0.4) is 0 Å². The molecule has 13 heavy (non-hydrogen) atoms. The van der Waals surface area contributed by atoms with Crippen molar-refractivity contribution in [1.82, 2.24) is 0 Å². The Labute approximate surface area is 79.1 Å². The van der Waals surface area contributed by atoms with Crippen molar-refractivity contribution in [2.75, 3.05) is 0 Å². The SMILES string of the molecule is Cc1cc(OO)ccc1CC(C)C. The van der Waals surface area contributed by atoms with Gasteiger partial charge in [0.25, 0.3) is 0 Å². The number of aryl methyl sites for hydroxylation is 1. The normalized spacial score (nSPS) is 10.5. The number of rotatable bonds is 3. The van der Waals surface area contributed by atoms with E-state index in [9.17, 15) is 0 Å². The molecule has 0 saturated carbocycles. The van der Waals surface area contributed by atoms with Crippen molar-refractivity contribution in [3.8, 4) is 5.75 Å². The smallest absolute Gasteiger partial charge is 0.165 e. The summed E-state index contributed by atoms with van der Waals surface area (Å²) in [6.07, 6.45) is 1.07. The molecule has 1 N–H and O–H groups in total. The Morgan fingerprint density at radius 1 is 1.38 bits per heavy atom. The Hall–Kier alpha value is -1.02. The van der Waals surface area contributed by atoms with E-state index in [-0.39, 0.29) is 0 Å². The van der Waals surface area contributed by atoms with E-state index in [2.05, 4.69) is 18.7 Å². The summed E-state index contributed by atoms with van der Waals surface area (Å²) in [7, 11) is 0. The van der Waals surface area contributed by atoms with Crippen LogP contribution in [0.4, 0.5) is 0 Å². The predicted molar refractivity (Wildman–Crippen MR) is 53.0 cm³/mol. The highest BCUT2D eigenvalue weighted by atomic mass is 17.1. The Bertz CT molecular complexity index is 279. The Kier molecular flexibility index (Phi) is 3.32. The second kappa shape index (κ2) is 4.28. The van der Waals surface area contributed by atoms with E-state index in [0.717, 1.165) is 6.42 Å². The molecular weight excluding hydrogens is 164 g/mol. The molecule has 0 amide bonds. The summed E-state index contributed by atoms with van der Waals surface area (Å²) < 4.78 is 0. The first-order chi connectivity index (χ1) is 6.13. The van der Waals surface area contributed by atoms with Crippen LogP contribution in [-0.4, -0.2) is 5.26 Å². The molecule has 72 valence electrons. The van der Waals surface area contributed by atoms with E-state index in [1.165, 1.54) is 11.1 Å². The Morgan fingerprint density at radius 3 is 2.54 bits per heavy atom. The lowest BCUT2D eigenvalue weighted by Crippen LogP contribution is -1.97. The molecule has 1 aromatic carbocycles. The van der Waals surface area contributed by atoms with Crippen LogP contribution in [0.15, 0.2) is 18.2 Å². The summed E-state index contributed by atoms with van der Waals surface area (Å²) in [5.74, 6) is 1.16. The fourth-order valence-electron chi connectivity index (χ4n) is 1.39. The fraction of sp³-hybridized carbons (Fsp3) is 0.455. The maximum atomic E-state index is 8.43. The lowest BCUT2D eigenvalue weighted by molar-refractivity contribution is -0.137. The van der Waals surface area contributed by atoms with Crippen LogP contribution in [0.1, 0.15) is 25.0 Å². The van der Waals surface area contributed by atoms with E-state index in [1.54, 1.807) is 6.07 Å². The van der Waals surface area contributed by atoms with E-state index in [4.69, 9.17) is 5.26 Å². The summed E-state index contributed by atoms with van der Waals surface area (Å²) in [4.78, 5) is 4.15. The van der Waals surface area contributed by atoms with Crippen LogP contribution in [0.5, 0.6) is 5.75 Å². The van der Waals surface area contributed by atoms with Crippen molar-refractivity contribution in [3.63, 3.8) is 0 Å². The molecule has 2 nitrogen and oxygen atoms in total. The van der Waals surface area contributed by atoms with Gasteiger partial charge in [0.2, 0.25) is 0 Å². The molecule has 0 bridgehead atoms. The molecule has 1 rings (SSSR count). The van der Waals surface area contributed by atoms with Gasteiger partial charge in [-0.25, -0.2) is 5.26 Å². The summed E-state index contributed by atoms with van der Waals surface area (Å²) in [5, 5.41) is 8.43. The van der Waals surface area contributed by atoms with E-state index >= 15 is 0 Å². The first-order valence-corrected chi connectivity index (χ1v) is 4.54. The zero-order chi connectivity index (χ0) is 9.84. The number of hydrogen-bond donors (Lipinski definition) is 1. The molecule has 0 radical (unpaired) electrons. The molecule has 0 fully saturated rings. The highest BCUT2D eigenvalue weighted by Crippen LogP contribution is 2.19. The molecule has 0 spiro atoms. The van der Waals surface area contributed by atoms with Gasteiger partial charge in [-0.1, -0.05) is 19.9 Å². The van der Waals surface area contributed by atoms with E-state index in [1.807, 2.05) is 19.1 Å². The van der Waals surface area contributed by atoms with Crippen LogP contribution in [0.2, 0.25) is 0 Å². The summed E-state index contributed by atoms with van der Waals surface area (Å²) >= 11 is 0. The molecule has 0 aliphatic heterocycles. The minimum atomic E-state index is 0.505. The Balaban J connectivity index is 2.85. The summed E-state index contributed by atoms with van der Waals surface area (Å²) in [6, 6.07) is 5.63. The molecule has 1 aromatic rings. The molecule has 0 unspecified atom stereocenters. The molecule has 0 aliphatic carbocycles. The third-order valence-electron chi connectivity index (χ3n) is 2.05. The maximum Gasteiger partial charge on any atom is 0.165 e. The van der Waals surface area contributed by atoms with Gasteiger partial charge in [-0.3, -0.25) is 0 Å². The second-order valence-electron chi connectivity index (χ2n) is 3.78. The lowest BCUT2D eigenvalue weighted by Gasteiger charge is -2.08. The largest absolute Gasteiger partial charge is 0.340 e. The van der Waals surface area contributed by atoms with Crippen molar-refractivity contribution in [2.24, 2.45) is 5.92 Å². The maximum absolute atomic E-state index is 8.43. The van der Waals surface area contributed by atoms with Gasteiger partial charge in [0.1, 0.15) is 0 Å². The van der Waals surface area contributed by atoms with Crippen LogP contribution in [0, 0.1) is 12.8 Å². The van der Waals surface area contributed by atoms with Crippen molar-refractivity contribution in [1.29, 1.82) is 0 Å².